The van der Waals surface area contributed by atoms with Crippen LogP contribution in [0.15, 0.2) is 64.6 Å². The molecule has 3 N–H and O–H groups in total. The Morgan fingerprint density at radius 2 is 2.06 bits per heavy atom. The highest BCUT2D eigenvalue weighted by Gasteiger charge is 2.24. The first-order valence-corrected chi connectivity index (χ1v) is 12.4. The van der Waals surface area contributed by atoms with Gasteiger partial charge in [-0.15, -0.1) is 0 Å². The van der Waals surface area contributed by atoms with Gasteiger partial charge in [0.1, 0.15) is 0 Å². The number of amides is 2. The maximum Gasteiger partial charge on any atom is 0.264 e. The van der Waals surface area contributed by atoms with Crippen LogP contribution in [0, 0.1) is 0 Å². The molecule has 178 valence electrons. The van der Waals surface area contributed by atoms with Gasteiger partial charge in [-0.3, -0.25) is 19.5 Å². The first-order chi connectivity index (χ1) is 17.0. The molecular formula is C25H23ClN6O2S. The third kappa shape index (κ3) is 5.88. The van der Waals surface area contributed by atoms with Crippen LogP contribution in [0.1, 0.15) is 5.56 Å². The number of nitrogens with zero attached hydrogens (tertiary/aromatic N) is 3. The van der Waals surface area contributed by atoms with Crippen molar-refractivity contribution in [3.8, 4) is 0 Å². The van der Waals surface area contributed by atoms with Crippen molar-refractivity contribution in [3.05, 3.63) is 70.2 Å². The topological polar surface area (TPSA) is 98.7 Å². The molecule has 35 heavy (non-hydrogen) atoms. The van der Waals surface area contributed by atoms with Crippen LogP contribution in [0.3, 0.4) is 0 Å². The molecule has 0 radical (unpaired) electrons. The van der Waals surface area contributed by atoms with Crippen LogP contribution in [0.2, 0.25) is 5.02 Å². The minimum Gasteiger partial charge on any atom is -0.325 e. The minimum atomic E-state index is -0.225. The summed E-state index contributed by atoms with van der Waals surface area (Å²) in [6.45, 7) is 3.78. The Bertz CT molecular complexity index is 1350. The average Bonchev–Trinajstić information content (AvgIpc) is 3.20. The highest BCUT2D eigenvalue weighted by Crippen LogP contribution is 2.33. The van der Waals surface area contributed by atoms with E-state index in [0.717, 1.165) is 42.6 Å². The van der Waals surface area contributed by atoms with E-state index < -0.39 is 0 Å². The number of fused-ring (bicyclic) bond motifs is 1. The van der Waals surface area contributed by atoms with Gasteiger partial charge >= 0.3 is 0 Å². The van der Waals surface area contributed by atoms with Crippen molar-refractivity contribution in [1.29, 1.82) is 0 Å². The van der Waals surface area contributed by atoms with Gasteiger partial charge in [0.2, 0.25) is 5.91 Å². The van der Waals surface area contributed by atoms with Gasteiger partial charge in [0.15, 0.2) is 5.17 Å². The molecule has 2 aromatic carbocycles. The Kier molecular flexibility index (Phi) is 7.10. The zero-order valence-electron chi connectivity index (χ0n) is 18.8. The number of benzene rings is 2. The highest BCUT2D eigenvalue weighted by molar-refractivity contribution is 8.18. The van der Waals surface area contributed by atoms with E-state index in [9.17, 15) is 9.59 Å². The molecule has 8 nitrogen and oxygen atoms in total. The smallest absolute Gasteiger partial charge is 0.264 e. The minimum absolute atomic E-state index is 0.0906. The normalized spacial score (nSPS) is 18.8. The lowest BCUT2D eigenvalue weighted by Crippen LogP contribution is -2.46. The molecule has 2 saturated heterocycles. The lowest BCUT2D eigenvalue weighted by Gasteiger charge is -2.26. The number of piperazine rings is 1. The average molecular weight is 507 g/mol. The molecule has 2 amide bonds. The van der Waals surface area contributed by atoms with Crippen LogP contribution in [-0.2, 0) is 9.59 Å². The third-order valence-corrected chi connectivity index (χ3v) is 6.83. The summed E-state index contributed by atoms with van der Waals surface area (Å²) >= 11 is 7.59. The number of rotatable bonds is 5. The van der Waals surface area contributed by atoms with E-state index in [2.05, 4.69) is 30.8 Å². The summed E-state index contributed by atoms with van der Waals surface area (Å²) in [6.07, 6.45) is 3.57. The van der Waals surface area contributed by atoms with Crippen LogP contribution >= 0.6 is 23.4 Å². The Hall–Kier alpha value is -3.24. The SMILES string of the molecule is O=C(CN1CCNCC1)Nc1ccc(Cl)c(N=C2NC(=O)C(=Cc3ccc4ncccc4c3)S2)c1. The molecule has 2 aliphatic heterocycles. The molecule has 2 aliphatic rings. The van der Waals surface area contributed by atoms with E-state index in [-0.39, 0.29) is 11.8 Å². The number of amidine groups is 1. The molecule has 5 rings (SSSR count). The molecule has 0 aliphatic carbocycles. The van der Waals surface area contributed by atoms with Crippen molar-refractivity contribution in [2.75, 3.05) is 38.0 Å². The fourth-order valence-electron chi connectivity index (χ4n) is 3.87. The number of aliphatic imine (C=N–C) groups is 1. The second-order valence-corrected chi connectivity index (χ2v) is 9.62. The van der Waals surface area contributed by atoms with E-state index in [4.69, 9.17) is 11.6 Å². The maximum atomic E-state index is 12.5. The number of aromatic nitrogens is 1. The lowest BCUT2D eigenvalue weighted by molar-refractivity contribution is -0.117. The summed E-state index contributed by atoms with van der Waals surface area (Å²) in [5.41, 5.74) is 2.86. The molecule has 0 bridgehead atoms. The zero-order chi connectivity index (χ0) is 24.2. The fourth-order valence-corrected chi connectivity index (χ4v) is 4.87. The van der Waals surface area contributed by atoms with Crippen LogP contribution in [0.4, 0.5) is 11.4 Å². The van der Waals surface area contributed by atoms with Crippen molar-refractivity contribution in [3.63, 3.8) is 0 Å². The van der Waals surface area contributed by atoms with Crippen molar-refractivity contribution < 1.29 is 9.59 Å². The summed E-state index contributed by atoms with van der Waals surface area (Å²) in [5.74, 6) is -0.316. The van der Waals surface area contributed by atoms with Gasteiger partial charge in [0.05, 0.1) is 27.7 Å². The van der Waals surface area contributed by atoms with Crippen molar-refractivity contribution in [2.24, 2.45) is 4.99 Å². The summed E-state index contributed by atoms with van der Waals surface area (Å²) < 4.78 is 0. The Morgan fingerprint density at radius 1 is 1.20 bits per heavy atom. The van der Waals surface area contributed by atoms with Crippen LogP contribution < -0.4 is 16.0 Å². The quantitative estimate of drug-likeness (QED) is 0.457. The summed E-state index contributed by atoms with van der Waals surface area (Å²) in [7, 11) is 0. The molecule has 0 spiro atoms. The second kappa shape index (κ2) is 10.6. The van der Waals surface area contributed by atoms with Gasteiger partial charge in [-0.25, -0.2) is 4.99 Å². The molecule has 2 fully saturated rings. The summed E-state index contributed by atoms with van der Waals surface area (Å²) in [4.78, 5) is 36.5. The molecular weight excluding hydrogens is 484 g/mol. The van der Waals surface area contributed by atoms with Gasteiger partial charge in [-0.2, -0.15) is 0 Å². The molecule has 3 heterocycles. The molecule has 10 heteroatoms. The zero-order valence-corrected chi connectivity index (χ0v) is 20.3. The number of halogens is 1. The number of pyridine rings is 1. The van der Waals surface area contributed by atoms with Crippen LogP contribution in [0.25, 0.3) is 17.0 Å². The van der Waals surface area contributed by atoms with Gasteiger partial charge < -0.3 is 16.0 Å². The largest absolute Gasteiger partial charge is 0.325 e. The first-order valence-electron chi connectivity index (χ1n) is 11.2. The van der Waals surface area contributed by atoms with E-state index in [1.54, 1.807) is 24.4 Å². The van der Waals surface area contributed by atoms with Gasteiger partial charge in [-0.05, 0) is 59.8 Å². The number of nitrogens with one attached hydrogen (secondary N) is 3. The number of anilines is 1. The second-order valence-electron chi connectivity index (χ2n) is 8.18. The van der Waals surface area contributed by atoms with E-state index in [1.165, 1.54) is 11.8 Å². The number of hydrogen-bond donors (Lipinski definition) is 3. The van der Waals surface area contributed by atoms with E-state index in [0.29, 0.717) is 33.0 Å². The Labute approximate surface area is 211 Å². The van der Waals surface area contributed by atoms with Crippen molar-refractivity contribution in [2.45, 2.75) is 0 Å². The fraction of sp³-hybridized carbons (Fsp3) is 0.200. The molecule has 0 saturated carbocycles. The molecule has 0 unspecified atom stereocenters. The standard InChI is InChI=1S/C25H23ClN6O2S/c26-19-5-4-18(29-23(33)15-32-10-8-27-9-11-32)14-21(19)30-25-31-24(34)22(35-25)13-16-3-6-20-17(12-16)2-1-7-28-20/h1-7,12-14,27H,8-11,15H2,(H,29,33)(H,30,31,34). The summed E-state index contributed by atoms with van der Waals surface area (Å²) in [5, 5.41) is 10.8. The maximum absolute atomic E-state index is 12.5. The Morgan fingerprint density at radius 3 is 2.91 bits per heavy atom. The lowest BCUT2D eigenvalue weighted by atomic mass is 10.1. The first kappa shape index (κ1) is 23.5. The number of carbonyl (C=O) groups is 2. The predicted octanol–water partition coefficient (Wildman–Crippen LogP) is 3.62. The highest BCUT2D eigenvalue weighted by atomic mass is 35.5. The van der Waals surface area contributed by atoms with Gasteiger partial charge in [0, 0.05) is 43.4 Å². The van der Waals surface area contributed by atoms with Crippen LogP contribution in [-0.4, -0.2) is 59.6 Å². The van der Waals surface area contributed by atoms with Crippen molar-refractivity contribution >= 4 is 68.7 Å². The van der Waals surface area contributed by atoms with Crippen molar-refractivity contribution in [1.82, 2.24) is 20.5 Å². The van der Waals surface area contributed by atoms with Gasteiger partial charge in [0.25, 0.3) is 5.91 Å². The number of carbonyl (C=O) groups excluding carboxylic acids is 2. The molecule has 1 aromatic heterocycles. The van der Waals surface area contributed by atoms with Gasteiger partial charge in [-0.1, -0.05) is 23.7 Å². The predicted molar refractivity (Wildman–Crippen MR) is 142 cm³/mol. The number of hydrogen-bond acceptors (Lipinski definition) is 7. The van der Waals surface area contributed by atoms with E-state index >= 15 is 0 Å². The Balaban J connectivity index is 1.29. The monoisotopic (exact) mass is 506 g/mol. The summed E-state index contributed by atoms with van der Waals surface area (Å²) in [6, 6.07) is 14.8. The van der Waals surface area contributed by atoms with E-state index in [1.807, 2.05) is 36.4 Å². The molecule has 3 aromatic rings. The molecule has 0 atom stereocenters. The van der Waals surface area contributed by atoms with Crippen LogP contribution in [0.5, 0.6) is 0 Å². The third-order valence-electron chi connectivity index (χ3n) is 5.60. The number of thioether (sulfide) groups is 1.